The molecule has 0 spiro atoms. The molecule has 110 valence electrons. The van der Waals surface area contributed by atoms with Gasteiger partial charge in [0.05, 0.1) is 9.79 Å². The van der Waals surface area contributed by atoms with Gasteiger partial charge in [-0.15, -0.1) is 0 Å². The number of hydrogen-bond acceptors (Lipinski definition) is 6. The second-order valence-electron chi connectivity index (χ2n) is 3.65. The molecule has 21 heavy (non-hydrogen) atoms. The van der Waals surface area contributed by atoms with Gasteiger partial charge in [0.15, 0.2) is 6.61 Å². The molecule has 0 saturated carbocycles. The highest BCUT2D eigenvalue weighted by Gasteiger charge is 2.13. The molecule has 2 aromatic rings. The standard InChI is InChI=1S/C12H9Cl2N3O2S2/c13-20-8-3-1-4-9(21-14)11(8)19-7-10(18)17-12-15-5-2-6-16-12/h1-6H,7H2,(H,15,16,17,18). The maximum absolute atomic E-state index is 11.8. The number of anilines is 1. The number of halogens is 2. The van der Waals surface area contributed by atoms with Crippen LogP contribution in [0, 0.1) is 0 Å². The van der Waals surface area contributed by atoms with E-state index in [0.29, 0.717) is 15.5 Å². The summed E-state index contributed by atoms with van der Waals surface area (Å²) in [5, 5.41) is 2.52. The van der Waals surface area contributed by atoms with E-state index in [0.717, 1.165) is 22.0 Å². The minimum Gasteiger partial charge on any atom is -0.481 e. The third-order valence-corrected chi connectivity index (χ3v) is 4.25. The Balaban J connectivity index is 2.01. The summed E-state index contributed by atoms with van der Waals surface area (Å²) in [6.45, 7) is -0.197. The predicted molar refractivity (Wildman–Crippen MR) is 86.0 cm³/mol. The van der Waals surface area contributed by atoms with E-state index in [1.807, 2.05) is 0 Å². The Bertz CT molecular complexity index is 594. The fraction of sp³-hybridized carbons (Fsp3) is 0.0833. The summed E-state index contributed by atoms with van der Waals surface area (Å²) in [4.78, 5) is 20.9. The third kappa shape index (κ3) is 4.67. The molecule has 1 amide bonds. The molecule has 1 aromatic heterocycles. The van der Waals surface area contributed by atoms with Crippen LogP contribution >= 0.6 is 43.3 Å². The van der Waals surface area contributed by atoms with Gasteiger partial charge < -0.3 is 4.74 Å². The first-order valence-electron chi connectivity index (χ1n) is 5.64. The zero-order valence-electron chi connectivity index (χ0n) is 10.5. The number of nitrogens with zero attached hydrogens (tertiary/aromatic N) is 2. The Morgan fingerprint density at radius 3 is 2.33 bits per heavy atom. The third-order valence-electron chi connectivity index (χ3n) is 2.27. The molecule has 0 fully saturated rings. The van der Waals surface area contributed by atoms with Gasteiger partial charge in [-0.05, 0) is 61.5 Å². The lowest BCUT2D eigenvalue weighted by Gasteiger charge is -2.12. The molecule has 0 aliphatic carbocycles. The van der Waals surface area contributed by atoms with Crippen molar-refractivity contribution in [3.8, 4) is 5.75 Å². The molecule has 1 aromatic carbocycles. The molecule has 0 radical (unpaired) electrons. The topological polar surface area (TPSA) is 64.1 Å². The summed E-state index contributed by atoms with van der Waals surface area (Å²) < 4.78 is 5.51. The molecular formula is C12H9Cl2N3O2S2. The van der Waals surface area contributed by atoms with E-state index in [1.54, 1.807) is 24.3 Å². The number of benzene rings is 1. The number of rotatable bonds is 6. The molecule has 1 N–H and O–H groups in total. The second-order valence-corrected chi connectivity index (χ2v) is 5.76. The van der Waals surface area contributed by atoms with Crippen molar-refractivity contribution in [2.45, 2.75) is 9.79 Å². The van der Waals surface area contributed by atoms with E-state index >= 15 is 0 Å². The van der Waals surface area contributed by atoms with Gasteiger partial charge in [-0.25, -0.2) is 9.97 Å². The van der Waals surface area contributed by atoms with Gasteiger partial charge in [0.1, 0.15) is 5.75 Å². The SMILES string of the molecule is O=C(COc1c(SCl)cccc1SCl)Nc1ncccn1. The van der Waals surface area contributed by atoms with Crippen molar-refractivity contribution in [1.29, 1.82) is 0 Å². The lowest BCUT2D eigenvalue weighted by Crippen LogP contribution is -2.21. The van der Waals surface area contributed by atoms with Gasteiger partial charge in [0.2, 0.25) is 5.95 Å². The number of carbonyl (C=O) groups excluding carboxylic acids is 1. The number of nitrogens with one attached hydrogen (secondary N) is 1. The first kappa shape index (κ1) is 16.2. The molecule has 0 bridgehead atoms. The zero-order valence-corrected chi connectivity index (χ0v) is 13.6. The summed E-state index contributed by atoms with van der Waals surface area (Å²) in [6, 6.07) is 7.02. The van der Waals surface area contributed by atoms with Crippen LogP contribution in [0.4, 0.5) is 5.95 Å². The molecule has 5 nitrogen and oxygen atoms in total. The Morgan fingerprint density at radius 1 is 1.14 bits per heavy atom. The van der Waals surface area contributed by atoms with Crippen molar-refractivity contribution in [2.24, 2.45) is 0 Å². The molecule has 0 saturated heterocycles. The molecule has 9 heteroatoms. The van der Waals surface area contributed by atoms with E-state index in [1.165, 1.54) is 12.4 Å². The molecular weight excluding hydrogens is 353 g/mol. The van der Waals surface area contributed by atoms with Crippen LogP contribution in [0.15, 0.2) is 46.5 Å². The number of amides is 1. The van der Waals surface area contributed by atoms with Crippen LogP contribution in [0.1, 0.15) is 0 Å². The van der Waals surface area contributed by atoms with Crippen LogP contribution in [-0.2, 0) is 4.79 Å². The van der Waals surface area contributed by atoms with Gasteiger partial charge >= 0.3 is 0 Å². The molecule has 0 unspecified atom stereocenters. The second kappa shape index (κ2) is 8.33. The average molecular weight is 362 g/mol. The molecule has 0 aliphatic heterocycles. The zero-order chi connectivity index (χ0) is 15.1. The van der Waals surface area contributed by atoms with Gasteiger partial charge in [-0.1, -0.05) is 6.07 Å². The van der Waals surface area contributed by atoms with Crippen molar-refractivity contribution >= 4 is 55.2 Å². The van der Waals surface area contributed by atoms with E-state index in [4.69, 9.17) is 26.1 Å². The maximum Gasteiger partial charge on any atom is 0.264 e. The summed E-state index contributed by atoms with van der Waals surface area (Å²) in [5.74, 6) is 0.320. The van der Waals surface area contributed by atoms with Gasteiger partial charge in [0, 0.05) is 12.4 Å². The lowest BCUT2D eigenvalue weighted by molar-refractivity contribution is -0.118. The Morgan fingerprint density at radius 2 is 1.76 bits per heavy atom. The van der Waals surface area contributed by atoms with Crippen molar-refractivity contribution in [3.63, 3.8) is 0 Å². The number of hydrogen-bond donors (Lipinski definition) is 1. The van der Waals surface area contributed by atoms with Crippen LogP contribution < -0.4 is 10.1 Å². The number of ether oxygens (including phenoxy) is 1. The van der Waals surface area contributed by atoms with Gasteiger partial charge in [-0.3, -0.25) is 10.1 Å². The fourth-order valence-electron chi connectivity index (χ4n) is 1.42. The first-order valence-corrected chi connectivity index (χ1v) is 8.93. The largest absolute Gasteiger partial charge is 0.481 e. The highest BCUT2D eigenvalue weighted by Crippen LogP contribution is 2.40. The van der Waals surface area contributed by atoms with Crippen LogP contribution in [0.2, 0.25) is 0 Å². The minimum absolute atomic E-state index is 0.197. The Hall–Kier alpha value is -1.15. The predicted octanol–water partition coefficient (Wildman–Crippen LogP) is 3.99. The number of carbonyl (C=O) groups is 1. The lowest BCUT2D eigenvalue weighted by atomic mass is 10.3. The normalized spacial score (nSPS) is 10.2. The van der Waals surface area contributed by atoms with Crippen LogP contribution in [-0.4, -0.2) is 22.5 Å². The fourth-order valence-corrected chi connectivity index (χ4v) is 2.95. The maximum atomic E-state index is 11.8. The molecule has 0 atom stereocenters. The summed E-state index contributed by atoms with van der Waals surface area (Å²) in [5.41, 5.74) is 0. The van der Waals surface area contributed by atoms with Crippen LogP contribution in [0.5, 0.6) is 5.75 Å². The van der Waals surface area contributed by atoms with E-state index in [-0.39, 0.29) is 18.5 Å². The summed E-state index contributed by atoms with van der Waals surface area (Å²) in [6.07, 6.45) is 3.07. The minimum atomic E-state index is -0.374. The average Bonchev–Trinajstić information content (AvgIpc) is 2.53. The van der Waals surface area contributed by atoms with Crippen molar-refractivity contribution in [1.82, 2.24) is 9.97 Å². The summed E-state index contributed by atoms with van der Waals surface area (Å²) in [7, 11) is 13.5. The van der Waals surface area contributed by atoms with Crippen molar-refractivity contribution in [3.05, 3.63) is 36.7 Å². The molecule has 2 rings (SSSR count). The van der Waals surface area contributed by atoms with Crippen LogP contribution in [0.25, 0.3) is 0 Å². The highest BCUT2D eigenvalue weighted by atomic mass is 35.7. The summed E-state index contributed by atoms with van der Waals surface area (Å²) >= 11 is 0. The number of para-hydroxylation sites is 1. The first-order chi connectivity index (χ1) is 10.2. The van der Waals surface area contributed by atoms with Crippen molar-refractivity contribution in [2.75, 3.05) is 11.9 Å². The van der Waals surface area contributed by atoms with Crippen molar-refractivity contribution < 1.29 is 9.53 Å². The molecule has 1 heterocycles. The highest BCUT2D eigenvalue weighted by molar-refractivity contribution is 8.21. The van der Waals surface area contributed by atoms with Gasteiger partial charge in [0.25, 0.3) is 5.91 Å². The van der Waals surface area contributed by atoms with E-state index in [2.05, 4.69) is 15.3 Å². The van der Waals surface area contributed by atoms with E-state index < -0.39 is 0 Å². The molecule has 0 aliphatic rings. The van der Waals surface area contributed by atoms with Crippen LogP contribution in [0.3, 0.4) is 0 Å². The Kier molecular flexibility index (Phi) is 6.44. The van der Waals surface area contributed by atoms with E-state index in [9.17, 15) is 4.79 Å². The Labute approximate surface area is 138 Å². The monoisotopic (exact) mass is 361 g/mol. The van der Waals surface area contributed by atoms with Gasteiger partial charge in [-0.2, -0.15) is 0 Å². The smallest absolute Gasteiger partial charge is 0.264 e. The quantitative estimate of drug-likeness (QED) is 0.839. The number of aromatic nitrogens is 2.